The maximum Gasteiger partial charge on any atom is 0.258 e. The first kappa shape index (κ1) is 21.8. The van der Waals surface area contributed by atoms with Gasteiger partial charge in [0.15, 0.2) is 5.60 Å². The molecule has 0 spiro atoms. The van der Waals surface area contributed by atoms with Gasteiger partial charge in [-0.05, 0) is 42.7 Å². The van der Waals surface area contributed by atoms with Crippen molar-refractivity contribution in [3.05, 3.63) is 77.6 Å². The number of anilines is 1. The first-order chi connectivity index (χ1) is 17.0. The second-order valence-corrected chi connectivity index (χ2v) is 10.0. The summed E-state index contributed by atoms with van der Waals surface area (Å²) < 4.78 is 0. The molecule has 0 radical (unpaired) electrons. The molecule has 1 aliphatic heterocycles. The van der Waals surface area contributed by atoms with E-state index in [1.807, 2.05) is 47.8 Å². The zero-order valence-corrected chi connectivity index (χ0v) is 20.0. The number of carbonyl (C=O) groups excluding carboxylic acids is 1. The van der Waals surface area contributed by atoms with Gasteiger partial charge in [0.25, 0.3) is 5.91 Å². The number of carbonyl (C=O) groups is 1. The molecule has 0 unspecified atom stereocenters. The molecule has 1 atom stereocenters. The monoisotopic (exact) mass is 484 g/mol. The van der Waals surface area contributed by atoms with Gasteiger partial charge in [0.1, 0.15) is 10.7 Å². The fourth-order valence-corrected chi connectivity index (χ4v) is 5.36. The van der Waals surface area contributed by atoms with Crippen molar-refractivity contribution >= 4 is 23.2 Å². The second kappa shape index (κ2) is 8.21. The molecule has 35 heavy (non-hydrogen) atoms. The van der Waals surface area contributed by atoms with Crippen molar-refractivity contribution in [1.29, 1.82) is 0 Å². The molecule has 176 valence electrons. The molecule has 1 saturated carbocycles. The fraction of sp³-hybridized carbons (Fsp3) is 0.269. The van der Waals surface area contributed by atoms with Crippen LogP contribution in [0.4, 0.5) is 5.95 Å². The first-order valence-electron chi connectivity index (χ1n) is 11.5. The Labute approximate surface area is 206 Å². The molecule has 9 heteroatoms. The van der Waals surface area contributed by atoms with Gasteiger partial charge in [0.2, 0.25) is 5.95 Å². The van der Waals surface area contributed by atoms with Gasteiger partial charge in [-0.15, -0.1) is 11.3 Å². The molecular weight excluding hydrogens is 460 g/mol. The number of rotatable bonds is 6. The van der Waals surface area contributed by atoms with E-state index in [4.69, 9.17) is 9.97 Å². The number of aromatic nitrogens is 4. The van der Waals surface area contributed by atoms with Crippen LogP contribution in [0.1, 0.15) is 30.5 Å². The number of benzene rings is 1. The summed E-state index contributed by atoms with van der Waals surface area (Å²) in [5, 5.41) is 17.3. The molecule has 8 nitrogen and oxygen atoms in total. The number of hydrogen-bond acceptors (Lipinski definition) is 8. The Hall–Kier alpha value is -3.69. The summed E-state index contributed by atoms with van der Waals surface area (Å²) in [6.07, 6.45) is 5.89. The fourth-order valence-electron chi connectivity index (χ4n) is 4.55. The predicted molar refractivity (Wildman–Crippen MR) is 133 cm³/mol. The van der Waals surface area contributed by atoms with Crippen LogP contribution < -0.4 is 5.32 Å². The number of nitrogens with one attached hydrogen (secondary N) is 1. The Kier molecular flexibility index (Phi) is 5.12. The summed E-state index contributed by atoms with van der Waals surface area (Å²) in [5.74, 6) is 0.280. The van der Waals surface area contributed by atoms with E-state index in [1.54, 1.807) is 30.4 Å². The van der Waals surface area contributed by atoms with E-state index in [-0.39, 0.29) is 11.4 Å². The van der Waals surface area contributed by atoms with Crippen LogP contribution in [-0.4, -0.2) is 49.4 Å². The van der Waals surface area contributed by atoms with Crippen LogP contribution in [0, 0.1) is 0 Å². The molecule has 4 aromatic rings. The number of likely N-dealkylation sites (tertiary alicyclic amines) is 1. The lowest BCUT2D eigenvalue weighted by Gasteiger charge is -2.21. The molecule has 0 bridgehead atoms. The summed E-state index contributed by atoms with van der Waals surface area (Å²) in [4.78, 5) is 32.5. The lowest BCUT2D eigenvalue weighted by atomic mass is 9.91. The van der Waals surface area contributed by atoms with Crippen molar-refractivity contribution in [2.45, 2.75) is 30.4 Å². The summed E-state index contributed by atoms with van der Waals surface area (Å²) in [6, 6.07) is 15.2. The van der Waals surface area contributed by atoms with Crippen LogP contribution in [0.5, 0.6) is 0 Å². The molecule has 2 N–H and O–H groups in total. The van der Waals surface area contributed by atoms with Crippen molar-refractivity contribution in [3.63, 3.8) is 0 Å². The lowest BCUT2D eigenvalue weighted by molar-refractivity contribution is -0.143. The third-order valence-electron chi connectivity index (χ3n) is 6.78. The zero-order valence-electron chi connectivity index (χ0n) is 19.2. The SMILES string of the molecule is CN1CC[C@@](O)(c2cccc(-c3nc(-c4ccnc(NC5(c6ccccn6)CC5)n4)cs3)c2)C1=O. The van der Waals surface area contributed by atoms with Crippen LogP contribution >= 0.6 is 11.3 Å². The highest BCUT2D eigenvalue weighted by atomic mass is 32.1. The molecule has 4 heterocycles. The van der Waals surface area contributed by atoms with Crippen LogP contribution in [0.3, 0.4) is 0 Å². The molecular formula is C26H24N6O2S. The Morgan fingerprint density at radius 3 is 2.63 bits per heavy atom. The van der Waals surface area contributed by atoms with Gasteiger partial charge in [0, 0.05) is 43.4 Å². The smallest absolute Gasteiger partial charge is 0.258 e. The first-order valence-corrected chi connectivity index (χ1v) is 12.4. The maximum atomic E-state index is 12.5. The number of nitrogens with zero attached hydrogens (tertiary/aromatic N) is 5. The van der Waals surface area contributed by atoms with Crippen molar-refractivity contribution in [2.24, 2.45) is 0 Å². The maximum absolute atomic E-state index is 12.5. The van der Waals surface area contributed by atoms with Gasteiger partial charge < -0.3 is 15.3 Å². The van der Waals surface area contributed by atoms with Gasteiger partial charge >= 0.3 is 0 Å². The highest BCUT2D eigenvalue weighted by molar-refractivity contribution is 7.13. The van der Waals surface area contributed by atoms with Crippen molar-refractivity contribution in [2.75, 3.05) is 18.9 Å². The van der Waals surface area contributed by atoms with Crippen LogP contribution in [0.15, 0.2) is 66.3 Å². The Morgan fingerprint density at radius 2 is 1.89 bits per heavy atom. The average molecular weight is 485 g/mol. The highest BCUT2D eigenvalue weighted by Crippen LogP contribution is 2.47. The standard InChI is InChI=1S/C26H24N6O2S/c1-32-14-11-26(34,23(32)33)18-6-4-5-17(15-18)22-29-20(16-35-22)19-8-13-28-24(30-19)31-25(9-10-25)21-7-2-3-12-27-21/h2-8,12-13,15-16,34H,9-11,14H2,1H3,(H,28,30,31)/t26-/m1/s1. The molecule has 3 aromatic heterocycles. The molecule has 1 saturated heterocycles. The molecule has 1 amide bonds. The van der Waals surface area contributed by atoms with Crippen LogP contribution in [-0.2, 0) is 15.9 Å². The van der Waals surface area contributed by atoms with E-state index in [1.165, 1.54) is 11.3 Å². The Morgan fingerprint density at radius 1 is 1.00 bits per heavy atom. The molecule has 6 rings (SSSR count). The van der Waals surface area contributed by atoms with Gasteiger partial charge in [-0.2, -0.15) is 0 Å². The van der Waals surface area contributed by atoms with Gasteiger partial charge in [-0.25, -0.2) is 15.0 Å². The molecule has 1 aromatic carbocycles. The highest BCUT2D eigenvalue weighted by Gasteiger charge is 2.46. The normalized spacial score (nSPS) is 20.7. The number of thiazole rings is 1. The number of amides is 1. The minimum Gasteiger partial charge on any atom is -0.375 e. The summed E-state index contributed by atoms with van der Waals surface area (Å²) in [6.45, 7) is 0.534. The summed E-state index contributed by atoms with van der Waals surface area (Å²) >= 11 is 1.50. The quantitative estimate of drug-likeness (QED) is 0.429. The third kappa shape index (κ3) is 3.86. The molecule has 2 aliphatic rings. The second-order valence-electron chi connectivity index (χ2n) is 9.14. The Bertz CT molecular complexity index is 1400. The van der Waals surface area contributed by atoms with E-state index in [0.717, 1.165) is 40.5 Å². The van der Waals surface area contributed by atoms with Gasteiger partial charge in [-0.3, -0.25) is 9.78 Å². The third-order valence-corrected chi connectivity index (χ3v) is 7.67. The van der Waals surface area contributed by atoms with Crippen molar-refractivity contribution < 1.29 is 9.90 Å². The summed E-state index contributed by atoms with van der Waals surface area (Å²) in [7, 11) is 1.71. The predicted octanol–water partition coefficient (Wildman–Crippen LogP) is 3.81. The van der Waals surface area contributed by atoms with E-state index in [2.05, 4.69) is 15.3 Å². The van der Waals surface area contributed by atoms with Gasteiger partial charge in [0.05, 0.1) is 16.9 Å². The summed E-state index contributed by atoms with van der Waals surface area (Å²) in [5.41, 5.74) is 2.23. The molecule has 2 fully saturated rings. The van der Waals surface area contributed by atoms with E-state index < -0.39 is 5.60 Å². The number of aliphatic hydroxyl groups is 1. The number of hydrogen-bond donors (Lipinski definition) is 2. The van der Waals surface area contributed by atoms with Crippen LogP contribution in [0.2, 0.25) is 0 Å². The minimum atomic E-state index is -1.48. The van der Waals surface area contributed by atoms with Crippen LogP contribution in [0.25, 0.3) is 22.0 Å². The van der Waals surface area contributed by atoms with E-state index in [9.17, 15) is 9.90 Å². The average Bonchev–Trinajstić information content (AvgIpc) is 3.41. The van der Waals surface area contributed by atoms with Gasteiger partial charge in [-0.1, -0.05) is 24.3 Å². The topological polar surface area (TPSA) is 104 Å². The number of pyridine rings is 1. The largest absolute Gasteiger partial charge is 0.375 e. The number of likely N-dealkylation sites (N-methyl/N-ethyl adjacent to an activating group) is 1. The van der Waals surface area contributed by atoms with Crippen molar-refractivity contribution in [1.82, 2.24) is 24.8 Å². The van der Waals surface area contributed by atoms with E-state index >= 15 is 0 Å². The molecule has 1 aliphatic carbocycles. The minimum absolute atomic E-state index is 0.209. The van der Waals surface area contributed by atoms with E-state index in [0.29, 0.717) is 24.5 Å². The zero-order chi connectivity index (χ0) is 24.0. The lowest BCUT2D eigenvalue weighted by Crippen LogP contribution is -2.36. The van der Waals surface area contributed by atoms with Crippen molar-refractivity contribution in [3.8, 4) is 22.0 Å². The Balaban J connectivity index is 1.25.